The van der Waals surface area contributed by atoms with E-state index in [1.807, 2.05) is 12.1 Å². The molecule has 2 aliphatic heterocycles. The van der Waals surface area contributed by atoms with Gasteiger partial charge in [-0.2, -0.15) is 5.10 Å². The number of nitrogens with zero attached hydrogens (tertiary/aromatic N) is 4. The summed E-state index contributed by atoms with van der Waals surface area (Å²) in [7, 11) is 0. The molecule has 32 heavy (non-hydrogen) atoms. The first-order valence-electron chi connectivity index (χ1n) is 10.4. The fraction of sp³-hybridized carbons (Fsp3) is 0.304. The van der Waals surface area contributed by atoms with E-state index in [0.717, 1.165) is 49.8 Å². The maximum Gasteiger partial charge on any atom is 0.287 e. The van der Waals surface area contributed by atoms with Gasteiger partial charge in [0.2, 0.25) is 6.79 Å². The lowest BCUT2D eigenvalue weighted by Gasteiger charge is -2.36. The van der Waals surface area contributed by atoms with E-state index in [1.54, 1.807) is 18.3 Å². The fourth-order valence-corrected chi connectivity index (χ4v) is 4.26. The predicted octanol–water partition coefficient (Wildman–Crippen LogP) is 3.14. The average molecular weight is 457 g/mol. The third-order valence-corrected chi connectivity index (χ3v) is 6.12. The van der Waals surface area contributed by atoms with Gasteiger partial charge in [0, 0.05) is 32.7 Å². The monoisotopic (exact) mass is 456 g/mol. The lowest BCUT2D eigenvalue weighted by atomic mass is 10.1. The molecule has 5 rings (SSSR count). The summed E-state index contributed by atoms with van der Waals surface area (Å²) in [5.41, 5.74) is 2.25. The second kappa shape index (κ2) is 8.80. The summed E-state index contributed by atoms with van der Waals surface area (Å²) in [6.07, 6.45) is 1.64. The third-order valence-electron chi connectivity index (χ3n) is 5.77. The van der Waals surface area contributed by atoms with Gasteiger partial charge in [-0.05, 0) is 35.4 Å². The highest BCUT2D eigenvalue weighted by Gasteiger charge is 2.22. The number of piperazine rings is 1. The van der Waals surface area contributed by atoms with Crippen LogP contribution in [0.5, 0.6) is 11.5 Å². The van der Waals surface area contributed by atoms with Crippen molar-refractivity contribution in [2.24, 2.45) is 0 Å². The largest absolute Gasteiger partial charge is 0.454 e. The van der Waals surface area contributed by atoms with Crippen LogP contribution in [-0.4, -0.2) is 47.7 Å². The highest BCUT2D eigenvalue weighted by Crippen LogP contribution is 2.33. The summed E-state index contributed by atoms with van der Waals surface area (Å²) < 4.78 is 25.2. The van der Waals surface area contributed by atoms with Crippen molar-refractivity contribution in [2.45, 2.75) is 13.1 Å². The molecule has 1 aromatic heterocycles. The fourth-order valence-electron chi connectivity index (χ4n) is 4.00. The van der Waals surface area contributed by atoms with E-state index < -0.39 is 0 Å². The van der Waals surface area contributed by atoms with E-state index in [4.69, 9.17) is 21.1 Å². The zero-order valence-corrected chi connectivity index (χ0v) is 18.1. The van der Waals surface area contributed by atoms with Gasteiger partial charge in [-0.3, -0.25) is 9.69 Å². The number of anilines is 1. The predicted molar refractivity (Wildman–Crippen MR) is 119 cm³/mol. The van der Waals surface area contributed by atoms with Crippen LogP contribution in [0.3, 0.4) is 0 Å². The standard InChI is InChI=1S/C23H22ClFN4O3/c24-22-19(12-26-29(23(22)30)14-16-1-4-18(25)5-2-16)28-9-7-27(8-10-28)13-17-3-6-20-21(11-17)32-15-31-20/h1-6,11-12H,7-10,13-15H2. The van der Waals surface area contributed by atoms with Crippen molar-refractivity contribution in [1.82, 2.24) is 14.7 Å². The summed E-state index contributed by atoms with van der Waals surface area (Å²) in [5, 5.41) is 4.46. The second-order valence-corrected chi connectivity index (χ2v) is 8.26. The Bertz CT molecular complexity index is 1180. The zero-order valence-electron chi connectivity index (χ0n) is 17.3. The highest BCUT2D eigenvalue weighted by molar-refractivity contribution is 6.33. The first-order valence-corrected chi connectivity index (χ1v) is 10.8. The van der Waals surface area contributed by atoms with Crippen LogP contribution in [0, 0.1) is 5.82 Å². The lowest BCUT2D eigenvalue weighted by molar-refractivity contribution is 0.174. The molecule has 1 saturated heterocycles. The van der Waals surface area contributed by atoms with Gasteiger partial charge in [-0.15, -0.1) is 0 Å². The summed E-state index contributed by atoms with van der Waals surface area (Å²) in [6.45, 7) is 4.49. The number of hydrogen-bond acceptors (Lipinski definition) is 6. The van der Waals surface area contributed by atoms with Crippen molar-refractivity contribution in [1.29, 1.82) is 0 Å². The van der Waals surface area contributed by atoms with Gasteiger partial charge in [0.05, 0.1) is 18.4 Å². The van der Waals surface area contributed by atoms with E-state index in [2.05, 4.69) is 21.0 Å². The van der Waals surface area contributed by atoms with Crippen molar-refractivity contribution in [3.05, 3.63) is 81.0 Å². The molecule has 0 aliphatic carbocycles. The molecule has 0 unspecified atom stereocenters. The van der Waals surface area contributed by atoms with Crippen LogP contribution in [0.2, 0.25) is 5.02 Å². The summed E-state index contributed by atoms with van der Waals surface area (Å²) in [5.74, 6) is 1.26. The topological polar surface area (TPSA) is 59.8 Å². The minimum Gasteiger partial charge on any atom is -0.454 e. The lowest BCUT2D eigenvalue weighted by Crippen LogP contribution is -2.46. The van der Waals surface area contributed by atoms with Gasteiger partial charge in [0.15, 0.2) is 11.5 Å². The van der Waals surface area contributed by atoms with Crippen LogP contribution in [0.1, 0.15) is 11.1 Å². The van der Waals surface area contributed by atoms with Crippen LogP contribution in [0.25, 0.3) is 0 Å². The molecule has 0 spiro atoms. The molecule has 7 nitrogen and oxygen atoms in total. The average Bonchev–Trinajstić information content (AvgIpc) is 3.27. The van der Waals surface area contributed by atoms with Gasteiger partial charge in [-0.1, -0.05) is 29.8 Å². The number of halogens is 2. The summed E-state index contributed by atoms with van der Waals surface area (Å²) in [6, 6.07) is 12.0. The Kier molecular flexibility index (Phi) is 5.71. The van der Waals surface area contributed by atoms with Crippen molar-refractivity contribution in [3.63, 3.8) is 0 Å². The van der Waals surface area contributed by atoms with Crippen molar-refractivity contribution < 1.29 is 13.9 Å². The summed E-state index contributed by atoms with van der Waals surface area (Å²) >= 11 is 6.43. The van der Waals surface area contributed by atoms with Crippen molar-refractivity contribution in [2.75, 3.05) is 37.9 Å². The third kappa shape index (κ3) is 4.28. The smallest absolute Gasteiger partial charge is 0.287 e. The van der Waals surface area contributed by atoms with E-state index in [-0.39, 0.29) is 29.7 Å². The van der Waals surface area contributed by atoms with Crippen molar-refractivity contribution in [3.8, 4) is 11.5 Å². The molecule has 0 N–H and O–H groups in total. The van der Waals surface area contributed by atoms with Crippen molar-refractivity contribution >= 4 is 17.3 Å². The molecule has 3 aromatic rings. The van der Waals surface area contributed by atoms with E-state index in [1.165, 1.54) is 22.4 Å². The molecular weight excluding hydrogens is 435 g/mol. The Morgan fingerprint density at radius 2 is 1.66 bits per heavy atom. The van der Waals surface area contributed by atoms with Crippen LogP contribution >= 0.6 is 11.6 Å². The molecule has 0 bridgehead atoms. The number of fused-ring (bicyclic) bond motifs is 1. The maximum absolute atomic E-state index is 13.1. The highest BCUT2D eigenvalue weighted by atomic mass is 35.5. The minimum absolute atomic E-state index is 0.159. The molecule has 0 amide bonds. The van der Waals surface area contributed by atoms with Crippen LogP contribution in [0.4, 0.5) is 10.1 Å². The molecule has 0 saturated carbocycles. The molecule has 0 radical (unpaired) electrons. The Morgan fingerprint density at radius 1 is 0.938 bits per heavy atom. The zero-order chi connectivity index (χ0) is 22.1. The van der Waals surface area contributed by atoms with Crippen LogP contribution < -0.4 is 19.9 Å². The van der Waals surface area contributed by atoms with Gasteiger partial charge < -0.3 is 14.4 Å². The molecule has 1 fully saturated rings. The Labute approximate surface area is 189 Å². The van der Waals surface area contributed by atoms with E-state index >= 15 is 0 Å². The Hall–Kier alpha value is -3.10. The first-order chi connectivity index (χ1) is 15.6. The Morgan fingerprint density at radius 3 is 2.44 bits per heavy atom. The molecule has 3 heterocycles. The quantitative estimate of drug-likeness (QED) is 0.588. The number of hydrogen-bond donors (Lipinski definition) is 0. The normalized spacial score (nSPS) is 15.9. The SMILES string of the molecule is O=c1c(Cl)c(N2CCN(Cc3ccc4c(c3)OCO4)CC2)cnn1Cc1ccc(F)cc1. The van der Waals surface area contributed by atoms with Crippen LogP contribution in [0.15, 0.2) is 53.5 Å². The number of ether oxygens (including phenoxy) is 2. The van der Waals surface area contributed by atoms with Crippen LogP contribution in [-0.2, 0) is 13.1 Å². The maximum atomic E-state index is 13.1. The molecular formula is C23H22ClFN4O3. The molecule has 166 valence electrons. The first kappa shape index (κ1) is 20.8. The van der Waals surface area contributed by atoms with Gasteiger partial charge in [0.1, 0.15) is 10.8 Å². The molecule has 0 atom stereocenters. The summed E-state index contributed by atoms with van der Waals surface area (Å²) in [4.78, 5) is 17.2. The van der Waals surface area contributed by atoms with E-state index in [9.17, 15) is 9.18 Å². The van der Waals surface area contributed by atoms with Gasteiger partial charge in [-0.25, -0.2) is 9.07 Å². The molecule has 2 aromatic carbocycles. The second-order valence-electron chi connectivity index (χ2n) is 7.88. The van der Waals surface area contributed by atoms with Gasteiger partial charge >= 0.3 is 0 Å². The van der Waals surface area contributed by atoms with E-state index in [0.29, 0.717) is 5.69 Å². The number of aromatic nitrogens is 2. The van der Waals surface area contributed by atoms with Gasteiger partial charge in [0.25, 0.3) is 5.56 Å². The number of benzene rings is 2. The Balaban J connectivity index is 1.23. The minimum atomic E-state index is -0.351. The molecule has 2 aliphatic rings. The number of rotatable bonds is 5. The molecule has 9 heteroatoms.